The highest BCUT2D eigenvalue weighted by Gasteiger charge is 2.37. The molecule has 1 aromatic rings. The number of aliphatic carboxylic acids is 1. The van der Waals surface area contributed by atoms with Crippen molar-refractivity contribution >= 4 is 27.8 Å². The number of hydrogen-bond acceptors (Lipinski definition) is 2. The maximum Gasteiger partial charge on any atom is 0.308 e. The Labute approximate surface area is 114 Å². The lowest BCUT2D eigenvalue weighted by atomic mass is 9.99. The zero-order chi connectivity index (χ0) is 13.3. The van der Waals surface area contributed by atoms with Crippen LogP contribution in [0.5, 0.6) is 0 Å². The van der Waals surface area contributed by atoms with Crippen LogP contribution in [-0.4, -0.2) is 35.0 Å². The standard InChI is InChI=1S/C13H14BrNO3/c1-8-6-15(7-11(8)13(17)18)12(16)9-2-4-10(14)5-3-9/h2-5,8,11H,6-7H2,1H3,(H,17,18)/t8-,11-/m1/s1. The van der Waals surface area contributed by atoms with Crippen LogP contribution in [0.15, 0.2) is 28.7 Å². The third-order valence-electron chi connectivity index (χ3n) is 3.31. The van der Waals surface area contributed by atoms with Crippen molar-refractivity contribution in [1.82, 2.24) is 4.90 Å². The molecule has 1 amide bonds. The van der Waals surface area contributed by atoms with Crippen molar-refractivity contribution in [2.75, 3.05) is 13.1 Å². The minimum absolute atomic E-state index is 0.00176. The van der Waals surface area contributed by atoms with E-state index >= 15 is 0 Å². The van der Waals surface area contributed by atoms with Gasteiger partial charge in [0.25, 0.3) is 5.91 Å². The smallest absolute Gasteiger partial charge is 0.308 e. The van der Waals surface area contributed by atoms with E-state index in [1.165, 1.54) is 0 Å². The zero-order valence-electron chi connectivity index (χ0n) is 9.97. The van der Waals surface area contributed by atoms with Crippen LogP contribution in [0.4, 0.5) is 0 Å². The van der Waals surface area contributed by atoms with E-state index in [2.05, 4.69) is 15.9 Å². The fourth-order valence-corrected chi connectivity index (χ4v) is 2.49. The summed E-state index contributed by atoms with van der Waals surface area (Å²) >= 11 is 3.31. The van der Waals surface area contributed by atoms with Crippen molar-refractivity contribution in [3.05, 3.63) is 34.3 Å². The monoisotopic (exact) mass is 311 g/mol. The molecular weight excluding hydrogens is 298 g/mol. The molecule has 4 nitrogen and oxygen atoms in total. The first kappa shape index (κ1) is 13.1. The number of rotatable bonds is 2. The van der Waals surface area contributed by atoms with Crippen LogP contribution < -0.4 is 0 Å². The van der Waals surface area contributed by atoms with Crippen molar-refractivity contribution in [2.45, 2.75) is 6.92 Å². The van der Waals surface area contributed by atoms with Gasteiger partial charge in [0.15, 0.2) is 0 Å². The number of carbonyl (C=O) groups is 2. The zero-order valence-corrected chi connectivity index (χ0v) is 11.6. The molecule has 1 fully saturated rings. The highest BCUT2D eigenvalue weighted by Crippen LogP contribution is 2.25. The van der Waals surface area contributed by atoms with E-state index in [0.717, 1.165) is 4.47 Å². The summed E-state index contributed by atoms with van der Waals surface area (Å²) in [7, 11) is 0. The molecule has 0 bridgehead atoms. The Balaban J connectivity index is 2.12. The third-order valence-corrected chi connectivity index (χ3v) is 3.84. The molecule has 5 heteroatoms. The summed E-state index contributed by atoms with van der Waals surface area (Å²) in [5.41, 5.74) is 0.594. The van der Waals surface area contributed by atoms with Crippen LogP contribution in [0.3, 0.4) is 0 Å². The normalized spacial score (nSPS) is 23.1. The lowest BCUT2D eigenvalue weighted by molar-refractivity contribution is -0.142. The van der Waals surface area contributed by atoms with Crippen LogP contribution in [0.2, 0.25) is 0 Å². The summed E-state index contributed by atoms with van der Waals surface area (Å²) < 4.78 is 0.914. The maximum absolute atomic E-state index is 12.2. The largest absolute Gasteiger partial charge is 0.481 e. The summed E-state index contributed by atoms with van der Waals surface area (Å²) in [4.78, 5) is 24.8. The molecule has 0 aromatic heterocycles. The molecule has 2 atom stereocenters. The minimum Gasteiger partial charge on any atom is -0.481 e. The van der Waals surface area contributed by atoms with Gasteiger partial charge in [0.05, 0.1) is 5.92 Å². The van der Waals surface area contributed by atoms with E-state index < -0.39 is 11.9 Å². The van der Waals surface area contributed by atoms with Crippen molar-refractivity contribution in [1.29, 1.82) is 0 Å². The SMILES string of the molecule is C[C@@H]1CN(C(=O)c2ccc(Br)cc2)C[C@H]1C(=O)O. The van der Waals surface area contributed by atoms with Crippen molar-refractivity contribution in [3.63, 3.8) is 0 Å². The number of carboxylic acid groups (broad SMARTS) is 1. The number of nitrogens with zero attached hydrogens (tertiary/aromatic N) is 1. The molecule has 1 aliphatic rings. The van der Waals surface area contributed by atoms with Gasteiger partial charge in [0.2, 0.25) is 0 Å². The first-order valence-corrected chi connectivity index (χ1v) is 6.56. The first-order chi connectivity index (χ1) is 8.49. The fraction of sp³-hybridized carbons (Fsp3) is 0.385. The van der Waals surface area contributed by atoms with E-state index in [1.54, 1.807) is 29.2 Å². The van der Waals surface area contributed by atoms with E-state index in [1.807, 2.05) is 6.92 Å². The van der Waals surface area contributed by atoms with Crippen molar-refractivity contribution in [3.8, 4) is 0 Å². The Morgan fingerprint density at radius 3 is 2.39 bits per heavy atom. The van der Waals surface area contributed by atoms with Gasteiger partial charge in [-0.05, 0) is 30.2 Å². The van der Waals surface area contributed by atoms with Crippen LogP contribution in [0.25, 0.3) is 0 Å². The predicted molar refractivity (Wildman–Crippen MR) is 70.3 cm³/mol. The number of amides is 1. The van der Waals surface area contributed by atoms with Gasteiger partial charge in [0.1, 0.15) is 0 Å². The second-order valence-electron chi connectivity index (χ2n) is 4.64. The average Bonchev–Trinajstić information content (AvgIpc) is 2.71. The summed E-state index contributed by atoms with van der Waals surface area (Å²) in [6.07, 6.45) is 0. The van der Waals surface area contributed by atoms with Crippen LogP contribution in [0.1, 0.15) is 17.3 Å². The highest BCUT2D eigenvalue weighted by atomic mass is 79.9. The van der Waals surface area contributed by atoms with Gasteiger partial charge in [-0.1, -0.05) is 22.9 Å². The molecule has 96 valence electrons. The summed E-state index contributed by atoms with van der Waals surface area (Å²) in [6.45, 7) is 2.67. The second-order valence-corrected chi connectivity index (χ2v) is 5.55. The number of halogens is 1. The Morgan fingerprint density at radius 2 is 1.89 bits per heavy atom. The molecule has 0 spiro atoms. The lowest BCUT2D eigenvalue weighted by Crippen LogP contribution is -2.29. The predicted octanol–water partition coefficient (Wildman–Crippen LogP) is 2.24. The van der Waals surface area contributed by atoms with Crippen molar-refractivity contribution in [2.24, 2.45) is 11.8 Å². The second kappa shape index (κ2) is 5.10. The van der Waals surface area contributed by atoms with Gasteiger partial charge in [-0.25, -0.2) is 0 Å². The van der Waals surface area contributed by atoms with E-state index in [4.69, 9.17) is 5.11 Å². The molecule has 18 heavy (non-hydrogen) atoms. The van der Waals surface area contributed by atoms with Crippen LogP contribution >= 0.6 is 15.9 Å². The molecule has 1 heterocycles. The molecule has 1 aliphatic heterocycles. The van der Waals surface area contributed by atoms with Crippen LogP contribution in [0, 0.1) is 11.8 Å². The quantitative estimate of drug-likeness (QED) is 0.911. The Bertz CT molecular complexity index is 472. The Morgan fingerprint density at radius 1 is 1.28 bits per heavy atom. The summed E-state index contributed by atoms with van der Waals surface area (Å²) in [5, 5.41) is 9.05. The number of carboxylic acids is 1. The van der Waals surface area contributed by atoms with E-state index in [-0.39, 0.29) is 11.8 Å². The van der Waals surface area contributed by atoms with E-state index in [0.29, 0.717) is 18.7 Å². The van der Waals surface area contributed by atoms with Gasteiger partial charge in [-0.2, -0.15) is 0 Å². The molecule has 1 N–H and O–H groups in total. The lowest BCUT2D eigenvalue weighted by Gasteiger charge is -2.15. The molecule has 0 unspecified atom stereocenters. The van der Waals surface area contributed by atoms with Crippen molar-refractivity contribution < 1.29 is 14.7 Å². The number of benzene rings is 1. The van der Waals surface area contributed by atoms with Gasteiger partial charge in [0, 0.05) is 23.1 Å². The summed E-state index contributed by atoms with van der Waals surface area (Å²) in [5.74, 6) is -1.38. The molecule has 0 radical (unpaired) electrons. The molecule has 1 aromatic carbocycles. The maximum atomic E-state index is 12.2. The number of hydrogen-bond donors (Lipinski definition) is 1. The fourth-order valence-electron chi connectivity index (χ4n) is 2.23. The first-order valence-electron chi connectivity index (χ1n) is 5.76. The van der Waals surface area contributed by atoms with Gasteiger partial charge in [-0.3, -0.25) is 9.59 Å². The minimum atomic E-state index is -0.825. The van der Waals surface area contributed by atoms with Gasteiger partial charge < -0.3 is 10.0 Å². The summed E-state index contributed by atoms with van der Waals surface area (Å²) in [6, 6.07) is 7.10. The molecular formula is C13H14BrNO3. The molecule has 2 rings (SSSR count). The third kappa shape index (κ3) is 2.56. The van der Waals surface area contributed by atoms with Gasteiger partial charge in [-0.15, -0.1) is 0 Å². The van der Waals surface area contributed by atoms with E-state index in [9.17, 15) is 9.59 Å². The van der Waals surface area contributed by atoms with Crippen LogP contribution in [-0.2, 0) is 4.79 Å². The molecule has 0 saturated carbocycles. The molecule has 1 saturated heterocycles. The Kier molecular flexibility index (Phi) is 3.71. The topological polar surface area (TPSA) is 57.6 Å². The highest BCUT2D eigenvalue weighted by molar-refractivity contribution is 9.10. The average molecular weight is 312 g/mol. The number of carbonyl (C=O) groups excluding carboxylic acids is 1. The Hall–Kier alpha value is -1.36. The van der Waals surface area contributed by atoms with Gasteiger partial charge >= 0.3 is 5.97 Å². The molecule has 0 aliphatic carbocycles. The number of likely N-dealkylation sites (tertiary alicyclic amines) is 1.